The van der Waals surface area contributed by atoms with Crippen LogP contribution < -0.4 is 0 Å². The maximum absolute atomic E-state index is 14.2. The summed E-state index contributed by atoms with van der Waals surface area (Å²) in [4.78, 5) is 0. The molecule has 0 bridgehead atoms. The topological polar surface area (TPSA) is 27.7 Å². The van der Waals surface area contributed by atoms with E-state index in [1.807, 2.05) is 0 Å². The summed E-state index contributed by atoms with van der Waals surface area (Å²) in [6.45, 7) is -2.99. The van der Waals surface area contributed by atoms with Crippen molar-refractivity contribution in [2.24, 2.45) is 0 Å². The highest BCUT2D eigenvalue weighted by Gasteiger charge is 2.87. The van der Waals surface area contributed by atoms with Gasteiger partial charge in [0.2, 0.25) is 11.8 Å². The van der Waals surface area contributed by atoms with Crippen molar-refractivity contribution in [3.63, 3.8) is 0 Å². The first-order valence-electron chi connectivity index (χ1n) is 5.79. The standard InChI is InChI=1S/C9H9BF12O3/c1-23-10(24-2)25-3-5(12,4(11)6(13,14)15)7(16,8(17,18)19)9(20,21)22/h4H,3H2,1-2H3. The molecule has 0 aliphatic carbocycles. The number of halogens is 12. The molecule has 0 aromatic rings. The zero-order valence-corrected chi connectivity index (χ0v) is 12.1. The Bertz CT molecular complexity index is 417. The maximum atomic E-state index is 14.2. The van der Waals surface area contributed by atoms with Crippen molar-refractivity contribution >= 4 is 7.32 Å². The highest BCUT2D eigenvalue weighted by atomic mass is 19.4. The van der Waals surface area contributed by atoms with Crippen LogP contribution in [-0.4, -0.2) is 64.2 Å². The molecule has 0 spiro atoms. The minimum atomic E-state index is -7.31. The summed E-state index contributed by atoms with van der Waals surface area (Å²) in [6, 6.07) is 0. The summed E-state index contributed by atoms with van der Waals surface area (Å²) >= 11 is 0. The average molecular weight is 404 g/mol. The van der Waals surface area contributed by atoms with Crippen molar-refractivity contribution in [1.29, 1.82) is 0 Å². The molecule has 150 valence electrons. The Morgan fingerprint density at radius 1 is 0.760 bits per heavy atom. The Balaban J connectivity index is 6.35. The summed E-state index contributed by atoms with van der Waals surface area (Å²) in [6.07, 6.45) is -26.8. The fourth-order valence-corrected chi connectivity index (χ4v) is 1.66. The van der Waals surface area contributed by atoms with Crippen LogP contribution in [0.4, 0.5) is 52.7 Å². The molecule has 16 heteroatoms. The van der Waals surface area contributed by atoms with E-state index in [1.54, 1.807) is 0 Å². The van der Waals surface area contributed by atoms with Crippen molar-refractivity contribution < 1.29 is 66.6 Å². The van der Waals surface area contributed by atoms with Gasteiger partial charge in [0.1, 0.15) is 0 Å². The van der Waals surface area contributed by atoms with Crippen molar-refractivity contribution in [3.05, 3.63) is 0 Å². The molecule has 0 aliphatic rings. The predicted molar refractivity (Wildman–Crippen MR) is 56.5 cm³/mol. The molecule has 0 saturated heterocycles. The molecule has 0 aliphatic heterocycles. The summed E-state index contributed by atoms with van der Waals surface area (Å²) in [5.74, 6) is 0. The lowest BCUT2D eigenvalue weighted by Gasteiger charge is -2.42. The van der Waals surface area contributed by atoms with Crippen LogP contribution in [0.1, 0.15) is 0 Å². The van der Waals surface area contributed by atoms with Crippen LogP contribution in [0.25, 0.3) is 0 Å². The van der Waals surface area contributed by atoms with Gasteiger partial charge in [0.25, 0.3) is 0 Å². The van der Waals surface area contributed by atoms with E-state index in [9.17, 15) is 52.7 Å². The average Bonchev–Trinajstić information content (AvgIpc) is 2.42. The number of rotatable bonds is 7. The fraction of sp³-hybridized carbons (Fsp3) is 1.00. The normalized spacial score (nSPS) is 18.0. The highest BCUT2D eigenvalue weighted by Crippen LogP contribution is 2.57. The fourth-order valence-electron chi connectivity index (χ4n) is 1.66. The first kappa shape index (κ1) is 24.1. The monoisotopic (exact) mass is 404 g/mol. The van der Waals surface area contributed by atoms with Gasteiger partial charge >= 0.3 is 31.5 Å². The predicted octanol–water partition coefficient (Wildman–Crippen LogP) is 3.72. The van der Waals surface area contributed by atoms with Crippen LogP contribution >= 0.6 is 0 Å². The molecular weight excluding hydrogens is 395 g/mol. The maximum Gasteiger partial charge on any atom is 0.639 e. The second-order valence-electron chi connectivity index (χ2n) is 4.49. The summed E-state index contributed by atoms with van der Waals surface area (Å²) in [5.41, 5.74) is -13.6. The van der Waals surface area contributed by atoms with Gasteiger partial charge in [-0.2, -0.15) is 39.5 Å². The van der Waals surface area contributed by atoms with E-state index in [1.165, 1.54) is 0 Å². The lowest BCUT2D eigenvalue weighted by atomic mass is 9.80. The van der Waals surface area contributed by atoms with Crippen LogP contribution in [0.3, 0.4) is 0 Å². The smallest absolute Gasteiger partial charge is 0.389 e. The van der Waals surface area contributed by atoms with Crippen LogP contribution in [-0.2, 0) is 14.0 Å². The molecule has 0 rings (SSSR count). The zero-order valence-electron chi connectivity index (χ0n) is 12.1. The quantitative estimate of drug-likeness (QED) is 0.479. The summed E-state index contributed by atoms with van der Waals surface area (Å²) in [7, 11) is -1.02. The number of hydrogen-bond donors (Lipinski definition) is 0. The van der Waals surface area contributed by atoms with Crippen LogP contribution in [0, 0.1) is 0 Å². The SMILES string of the molecule is COB(OC)OCC(F)(C(F)C(F)(F)F)C(F)(C(F)(F)F)C(F)(F)F. The first-order chi connectivity index (χ1) is 10.9. The van der Waals surface area contributed by atoms with Gasteiger partial charge in [-0.25, -0.2) is 13.2 Å². The van der Waals surface area contributed by atoms with E-state index in [0.717, 1.165) is 0 Å². The molecule has 0 amide bonds. The Labute approximate surface area is 132 Å². The van der Waals surface area contributed by atoms with Crippen molar-refractivity contribution in [2.45, 2.75) is 36.0 Å². The number of hydrogen-bond acceptors (Lipinski definition) is 3. The van der Waals surface area contributed by atoms with Gasteiger partial charge in [-0.1, -0.05) is 0 Å². The van der Waals surface area contributed by atoms with E-state index in [-0.39, 0.29) is 0 Å². The molecule has 0 N–H and O–H groups in total. The van der Waals surface area contributed by atoms with Crippen LogP contribution in [0.2, 0.25) is 0 Å². The third-order valence-corrected chi connectivity index (χ3v) is 2.86. The highest BCUT2D eigenvalue weighted by molar-refractivity contribution is 6.36. The first-order valence-corrected chi connectivity index (χ1v) is 5.79. The van der Waals surface area contributed by atoms with E-state index in [4.69, 9.17) is 0 Å². The van der Waals surface area contributed by atoms with Gasteiger partial charge in [-0.15, -0.1) is 0 Å². The van der Waals surface area contributed by atoms with E-state index in [2.05, 4.69) is 14.0 Å². The molecule has 25 heavy (non-hydrogen) atoms. The Kier molecular flexibility index (Phi) is 7.12. The number of alkyl halides is 12. The van der Waals surface area contributed by atoms with Crippen LogP contribution in [0.5, 0.6) is 0 Å². The molecule has 0 aromatic carbocycles. The molecule has 0 aromatic heterocycles. The lowest BCUT2D eigenvalue weighted by molar-refractivity contribution is -0.396. The summed E-state index contributed by atoms with van der Waals surface area (Å²) in [5, 5.41) is 0. The third kappa shape index (κ3) is 4.45. The molecule has 0 radical (unpaired) electrons. The molecule has 0 heterocycles. The minimum absolute atomic E-state index is 0.640. The Morgan fingerprint density at radius 2 is 1.12 bits per heavy atom. The Morgan fingerprint density at radius 3 is 1.36 bits per heavy atom. The van der Waals surface area contributed by atoms with Crippen molar-refractivity contribution in [2.75, 3.05) is 20.8 Å². The van der Waals surface area contributed by atoms with Gasteiger partial charge in [0, 0.05) is 14.2 Å². The summed E-state index contributed by atoms with van der Waals surface area (Å²) < 4.78 is 165. The zero-order chi connectivity index (χ0) is 20.5. The van der Waals surface area contributed by atoms with Gasteiger partial charge < -0.3 is 14.0 Å². The van der Waals surface area contributed by atoms with Crippen LogP contribution in [0.15, 0.2) is 0 Å². The second-order valence-corrected chi connectivity index (χ2v) is 4.49. The van der Waals surface area contributed by atoms with Gasteiger partial charge in [0.05, 0.1) is 6.61 Å². The molecule has 2 atom stereocenters. The molecule has 0 saturated carbocycles. The van der Waals surface area contributed by atoms with Gasteiger partial charge in [-0.3, -0.25) is 0 Å². The van der Waals surface area contributed by atoms with Gasteiger partial charge in [-0.05, 0) is 0 Å². The minimum Gasteiger partial charge on any atom is -0.389 e. The Hall–Kier alpha value is -0.895. The lowest BCUT2D eigenvalue weighted by Crippen LogP contribution is -2.73. The molecule has 0 fully saturated rings. The van der Waals surface area contributed by atoms with E-state index >= 15 is 0 Å². The third-order valence-electron chi connectivity index (χ3n) is 2.86. The second kappa shape index (κ2) is 7.38. The molecule has 3 nitrogen and oxygen atoms in total. The van der Waals surface area contributed by atoms with Gasteiger partial charge in [0.15, 0.2) is 0 Å². The van der Waals surface area contributed by atoms with Crippen molar-refractivity contribution in [1.82, 2.24) is 0 Å². The van der Waals surface area contributed by atoms with E-state index < -0.39 is 50.0 Å². The molecular formula is C9H9BF12O3. The van der Waals surface area contributed by atoms with Crippen molar-refractivity contribution in [3.8, 4) is 0 Å². The molecule has 2 unspecified atom stereocenters. The van der Waals surface area contributed by atoms with E-state index in [0.29, 0.717) is 14.2 Å². The largest absolute Gasteiger partial charge is 0.639 e.